The summed E-state index contributed by atoms with van der Waals surface area (Å²) in [5.74, 6) is 0.345. The largest absolute Gasteiger partial charge is 0.383 e. The van der Waals surface area contributed by atoms with Crippen LogP contribution in [0.5, 0.6) is 0 Å². The zero-order valence-corrected chi connectivity index (χ0v) is 11.8. The first-order valence-corrected chi connectivity index (χ1v) is 6.41. The Morgan fingerprint density at radius 3 is 3.14 bits per heavy atom. The number of aromatic nitrogens is 4. The topological polar surface area (TPSA) is 109 Å². The highest BCUT2D eigenvalue weighted by atomic mass is 16.5. The highest BCUT2D eigenvalue weighted by Crippen LogP contribution is 2.10. The van der Waals surface area contributed by atoms with Crippen LogP contribution < -0.4 is 5.32 Å². The Hall–Kier alpha value is -2.66. The molecule has 0 aliphatic rings. The molecule has 0 fully saturated rings. The lowest BCUT2D eigenvalue weighted by molar-refractivity contribution is 0.0932. The molecule has 2 aromatic rings. The van der Waals surface area contributed by atoms with Gasteiger partial charge in [0.1, 0.15) is 18.1 Å². The van der Waals surface area contributed by atoms with Crippen LogP contribution in [0.3, 0.4) is 0 Å². The first-order chi connectivity index (χ1) is 10.2. The molecule has 2 heterocycles. The summed E-state index contributed by atoms with van der Waals surface area (Å²) in [5.41, 5.74) is 0.748. The molecule has 2 aromatic heterocycles. The molecule has 0 unspecified atom stereocenters. The van der Waals surface area contributed by atoms with Gasteiger partial charge >= 0.3 is 0 Å². The van der Waals surface area contributed by atoms with Crippen molar-refractivity contribution in [1.29, 1.82) is 5.26 Å². The fourth-order valence-corrected chi connectivity index (χ4v) is 1.89. The summed E-state index contributed by atoms with van der Waals surface area (Å²) in [6.07, 6.45) is 3.08. The van der Waals surface area contributed by atoms with Gasteiger partial charge in [-0.05, 0) is 13.0 Å². The van der Waals surface area contributed by atoms with E-state index in [0.717, 1.165) is 0 Å². The van der Waals surface area contributed by atoms with Gasteiger partial charge in [-0.1, -0.05) is 0 Å². The molecule has 0 aromatic carbocycles. The van der Waals surface area contributed by atoms with Gasteiger partial charge in [-0.15, -0.1) is 10.2 Å². The van der Waals surface area contributed by atoms with Crippen molar-refractivity contribution < 1.29 is 9.53 Å². The van der Waals surface area contributed by atoms with Gasteiger partial charge in [-0.25, -0.2) is 0 Å². The Kier molecular flexibility index (Phi) is 4.68. The second-order valence-electron chi connectivity index (χ2n) is 4.48. The first kappa shape index (κ1) is 14.7. The van der Waals surface area contributed by atoms with Crippen LogP contribution in [-0.2, 0) is 11.3 Å². The van der Waals surface area contributed by atoms with Crippen molar-refractivity contribution in [2.45, 2.75) is 19.5 Å². The number of nitrogens with one attached hydrogen (secondary N) is 2. The van der Waals surface area contributed by atoms with Crippen LogP contribution in [0, 0.1) is 11.3 Å². The fraction of sp³-hybridized carbons (Fsp3) is 0.385. The van der Waals surface area contributed by atoms with Crippen molar-refractivity contribution >= 4 is 5.91 Å². The van der Waals surface area contributed by atoms with Gasteiger partial charge in [0.25, 0.3) is 5.91 Å². The monoisotopic (exact) mass is 288 g/mol. The molecule has 21 heavy (non-hydrogen) atoms. The first-order valence-electron chi connectivity index (χ1n) is 6.41. The normalized spacial score (nSPS) is 11.9. The number of nitrogens with zero attached hydrogens (tertiary/aromatic N) is 4. The van der Waals surface area contributed by atoms with Gasteiger partial charge in [0.2, 0.25) is 0 Å². The molecule has 0 aliphatic heterocycles. The predicted octanol–water partition coefficient (Wildman–Crippen LogP) is 0.615. The summed E-state index contributed by atoms with van der Waals surface area (Å²) < 4.78 is 6.84. The second kappa shape index (κ2) is 6.67. The van der Waals surface area contributed by atoms with E-state index in [4.69, 9.17) is 10.00 Å². The van der Waals surface area contributed by atoms with Gasteiger partial charge in [-0.2, -0.15) is 5.26 Å². The van der Waals surface area contributed by atoms with E-state index in [1.807, 2.05) is 17.6 Å². The minimum Gasteiger partial charge on any atom is -0.383 e. The SMILES string of the molecule is COCCn1cnnc1[C@H](C)NC(=O)c1cc(C#N)c[nH]1. The minimum atomic E-state index is -0.314. The number of nitriles is 1. The average Bonchev–Trinajstić information content (AvgIpc) is 3.13. The van der Waals surface area contributed by atoms with E-state index in [-0.39, 0.29) is 11.9 Å². The van der Waals surface area contributed by atoms with Crippen molar-refractivity contribution in [3.8, 4) is 6.07 Å². The molecule has 0 saturated carbocycles. The van der Waals surface area contributed by atoms with Crippen molar-refractivity contribution in [2.24, 2.45) is 0 Å². The molecular formula is C13H16N6O2. The second-order valence-corrected chi connectivity index (χ2v) is 4.48. The molecule has 8 heteroatoms. The molecule has 8 nitrogen and oxygen atoms in total. The molecular weight excluding hydrogens is 272 g/mol. The zero-order valence-electron chi connectivity index (χ0n) is 11.8. The smallest absolute Gasteiger partial charge is 0.268 e. The third-order valence-electron chi connectivity index (χ3n) is 2.97. The van der Waals surface area contributed by atoms with Gasteiger partial charge in [0, 0.05) is 19.9 Å². The minimum absolute atomic E-state index is 0.301. The summed E-state index contributed by atoms with van der Waals surface area (Å²) in [6.45, 7) is 2.97. The highest BCUT2D eigenvalue weighted by molar-refractivity contribution is 5.93. The van der Waals surface area contributed by atoms with E-state index in [2.05, 4.69) is 20.5 Å². The van der Waals surface area contributed by atoms with Crippen LogP contribution in [0.1, 0.15) is 34.8 Å². The number of amides is 1. The standard InChI is InChI=1S/C13H16N6O2/c1-9(12-18-16-8-19(12)3-4-21-2)17-13(20)11-5-10(6-14)7-15-11/h5,7-9,15H,3-4H2,1-2H3,(H,17,20)/t9-/m0/s1. The highest BCUT2D eigenvalue weighted by Gasteiger charge is 2.17. The molecule has 0 spiro atoms. The Morgan fingerprint density at radius 1 is 1.67 bits per heavy atom. The molecule has 0 aliphatic carbocycles. The van der Waals surface area contributed by atoms with Crippen LogP contribution in [0.4, 0.5) is 0 Å². The summed E-state index contributed by atoms with van der Waals surface area (Å²) in [5, 5.41) is 19.4. The number of rotatable bonds is 6. The number of H-pyrrole nitrogens is 1. The van der Waals surface area contributed by atoms with Gasteiger partial charge < -0.3 is 19.6 Å². The van der Waals surface area contributed by atoms with Crippen molar-refractivity contribution in [3.63, 3.8) is 0 Å². The number of ether oxygens (including phenoxy) is 1. The molecule has 0 saturated heterocycles. The number of carbonyl (C=O) groups excluding carboxylic acids is 1. The van der Waals surface area contributed by atoms with Crippen molar-refractivity contribution in [2.75, 3.05) is 13.7 Å². The lowest BCUT2D eigenvalue weighted by Crippen LogP contribution is -2.29. The number of hydrogen-bond donors (Lipinski definition) is 2. The van der Waals surface area contributed by atoms with E-state index in [0.29, 0.717) is 30.2 Å². The maximum absolute atomic E-state index is 12.1. The summed E-state index contributed by atoms with van der Waals surface area (Å²) in [6, 6.07) is 3.15. The Bertz CT molecular complexity index is 654. The Labute approximate surface area is 121 Å². The average molecular weight is 288 g/mol. The predicted molar refractivity (Wildman–Crippen MR) is 73.3 cm³/mol. The maximum Gasteiger partial charge on any atom is 0.268 e. The number of aromatic amines is 1. The Balaban J connectivity index is 2.04. The third-order valence-corrected chi connectivity index (χ3v) is 2.97. The summed E-state index contributed by atoms with van der Waals surface area (Å²) in [7, 11) is 1.62. The quantitative estimate of drug-likeness (QED) is 0.809. The van der Waals surface area contributed by atoms with Crippen LogP contribution in [0.15, 0.2) is 18.6 Å². The number of methoxy groups -OCH3 is 1. The lowest BCUT2D eigenvalue weighted by atomic mass is 10.2. The molecule has 0 radical (unpaired) electrons. The van der Waals surface area contributed by atoms with Gasteiger partial charge in [0.15, 0.2) is 5.82 Å². The molecule has 1 atom stereocenters. The van der Waals surface area contributed by atoms with Crippen molar-refractivity contribution in [3.05, 3.63) is 35.7 Å². The van der Waals surface area contributed by atoms with Crippen LogP contribution in [0.2, 0.25) is 0 Å². The fourth-order valence-electron chi connectivity index (χ4n) is 1.89. The maximum atomic E-state index is 12.1. The van der Waals surface area contributed by atoms with Crippen LogP contribution in [-0.4, -0.2) is 39.4 Å². The zero-order chi connectivity index (χ0) is 15.2. The van der Waals surface area contributed by atoms with Crippen molar-refractivity contribution in [1.82, 2.24) is 25.1 Å². The summed E-state index contributed by atoms with van der Waals surface area (Å²) in [4.78, 5) is 14.8. The molecule has 0 bridgehead atoms. The Morgan fingerprint density at radius 2 is 2.48 bits per heavy atom. The third kappa shape index (κ3) is 3.46. The van der Waals surface area contributed by atoms with E-state index in [1.54, 1.807) is 13.4 Å². The van der Waals surface area contributed by atoms with E-state index < -0.39 is 0 Å². The van der Waals surface area contributed by atoms with Crippen LogP contribution in [0.25, 0.3) is 0 Å². The van der Waals surface area contributed by atoms with Gasteiger partial charge in [-0.3, -0.25) is 4.79 Å². The van der Waals surface area contributed by atoms with E-state index in [9.17, 15) is 4.79 Å². The van der Waals surface area contributed by atoms with E-state index in [1.165, 1.54) is 12.3 Å². The summed E-state index contributed by atoms with van der Waals surface area (Å²) >= 11 is 0. The van der Waals surface area contributed by atoms with Gasteiger partial charge in [0.05, 0.1) is 18.2 Å². The van der Waals surface area contributed by atoms with E-state index >= 15 is 0 Å². The lowest BCUT2D eigenvalue weighted by Gasteiger charge is -2.14. The van der Waals surface area contributed by atoms with Crippen LogP contribution >= 0.6 is 0 Å². The molecule has 110 valence electrons. The number of hydrogen-bond acceptors (Lipinski definition) is 5. The molecule has 2 rings (SSSR count). The molecule has 2 N–H and O–H groups in total. The number of carbonyl (C=O) groups is 1. The molecule has 1 amide bonds.